The van der Waals surface area contributed by atoms with E-state index in [1.807, 2.05) is 103 Å². The highest BCUT2D eigenvalue weighted by atomic mass is 32.1. The summed E-state index contributed by atoms with van der Waals surface area (Å²) in [6, 6.07) is 37.2. The van der Waals surface area contributed by atoms with Crippen molar-refractivity contribution in [3.05, 3.63) is 153 Å². The molecule has 2 aromatic heterocycles. The molecule has 0 bridgehead atoms. The van der Waals surface area contributed by atoms with Crippen LogP contribution in [-0.4, -0.2) is 55.3 Å². The first-order valence-electron chi connectivity index (χ1n) is 13.9. The molecule has 6 aromatic rings. The summed E-state index contributed by atoms with van der Waals surface area (Å²) in [4.78, 5) is 24.8. The Morgan fingerprint density at radius 2 is 1.48 bits per heavy atom. The van der Waals surface area contributed by atoms with Crippen LogP contribution in [0.2, 0.25) is 0 Å². The van der Waals surface area contributed by atoms with Crippen molar-refractivity contribution in [1.29, 1.82) is 0 Å². The van der Waals surface area contributed by atoms with Gasteiger partial charge in [0.1, 0.15) is 28.9 Å². The molecule has 0 atom stereocenters. The van der Waals surface area contributed by atoms with Gasteiger partial charge in [-0.2, -0.15) is 0 Å². The summed E-state index contributed by atoms with van der Waals surface area (Å²) >= 11 is 1.26. The van der Waals surface area contributed by atoms with Gasteiger partial charge in [0.25, 0.3) is 0 Å². The molecule has 14 heteroatoms. The Morgan fingerprint density at radius 1 is 0.913 bits per heavy atom. The lowest BCUT2D eigenvalue weighted by Gasteiger charge is -2.36. The topological polar surface area (TPSA) is 184 Å². The average Bonchev–Trinajstić information content (AvgIpc) is 3.73. The van der Waals surface area contributed by atoms with Crippen LogP contribution in [0.25, 0.3) is 21.5 Å². The van der Waals surface area contributed by atoms with E-state index in [1.165, 1.54) is 11.3 Å². The zero-order chi connectivity index (χ0) is 32.2. The molecule has 0 radical (unpaired) electrons. The number of carbonyl (C=O) groups is 1. The lowest BCUT2D eigenvalue weighted by Crippen LogP contribution is -2.38. The highest BCUT2D eigenvalue weighted by molar-refractivity contribution is 7.14. The standard InChI is InChI=1S/C26H22N6O3S.C6H5N3O/c27-32-28-16-17-35-31-23(24(33)34)22-18-36-25(29-22)30-26(19-10-4-1-5-11-19,20-12-6-2-7-13-20)21-14-8-3-9-15-21;10-9-6-4-2-1-3-5(6)7-8-9/h1-15,18H,16-17H2,(H,29,30)(H,33,34);1-4,10H. The molecule has 4 aromatic carbocycles. The minimum atomic E-state index is -1.28. The number of hydrogen-bond acceptors (Lipinski definition) is 10. The third-order valence-electron chi connectivity index (χ3n) is 6.70. The maximum atomic E-state index is 11.8. The molecule has 0 aliphatic heterocycles. The van der Waals surface area contributed by atoms with Gasteiger partial charge in [0.15, 0.2) is 5.13 Å². The van der Waals surface area contributed by atoms with E-state index in [4.69, 9.17) is 15.6 Å². The molecular formula is C32H27N9O4S. The van der Waals surface area contributed by atoms with E-state index in [9.17, 15) is 9.90 Å². The van der Waals surface area contributed by atoms with Gasteiger partial charge < -0.3 is 20.5 Å². The van der Waals surface area contributed by atoms with Crippen molar-refractivity contribution >= 4 is 39.2 Å². The van der Waals surface area contributed by atoms with Gasteiger partial charge in [-0.3, -0.25) is 0 Å². The van der Waals surface area contributed by atoms with Crippen LogP contribution in [-0.2, 0) is 15.2 Å². The maximum absolute atomic E-state index is 11.8. The Bertz CT molecular complexity index is 1860. The van der Waals surface area contributed by atoms with Crippen molar-refractivity contribution in [3.8, 4) is 0 Å². The fraction of sp³-hybridized carbons (Fsp3) is 0.0938. The Kier molecular flexibility index (Phi) is 10.2. The number of benzene rings is 4. The number of azide groups is 1. The van der Waals surface area contributed by atoms with Gasteiger partial charge in [-0.05, 0) is 39.6 Å². The van der Waals surface area contributed by atoms with Gasteiger partial charge in [0, 0.05) is 10.3 Å². The molecular weight excluding hydrogens is 606 g/mol. The van der Waals surface area contributed by atoms with Gasteiger partial charge in [0.05, 0.1) is 6.54 Å². The number of hydrogen-bond donors (Lipinski definition) is 3. The van der Waals surface area contributed by atoms with Gasteiger partial charge in [0.2, 0.25) is 5.71 Å². The molecule has 0 aliphatic rings. The summed E-state index contributed by atoms with van der Waals surface area (Å²) in [5, 5.41) is 38.5. The fourth-order valence-corrected chi connectivity index (χ4v) is 5.42. The number of aliphatic carboxylic acids is 1. The quantitative estimate of drug-likeness (QED) is 0.0216. The summed E-state index contributed by atoms with van der Waals surface area (Å²) in [7, 11) is 0. The number of nitrogens with one attached hydrogen (secondary N) is 1. The van der Waals surface area contributed by atoms with Crippen molar-refractivity contribution in [2.45, 2.75) is 5.54 Å². The number of nitrogens with zero attached hydrogens (tertiary/aromatic N) is 8. The number of carboxylic acids is 1. The predicted octanol–water partition coefficient (Wildman–Crippen LogP) is 6.33. The number of aromatic nitrogens is 4. The summed E-state index contributed by atoms with van der Waals surface area (Å²) in [6.45, 7) is -0.0142. The van der Waals surface area contributed by atoms with Crippen LogP contribution < -0.4 is 5.32 Å². The highest BCUT2D eigenvalue weighted by Crippen LogP contribution is 2.40. The first-order valence-corrected chi connectivity index (χ1v) is 14.8. The van der Waals surface area contributed by atoms with Crippen molar-refractivity contribution in [1.82, 2.24) is 20.1 Å². The fourth-order valence-electron chi connectivity index (χ4n) is 4.67. The van der Waals surface area contributed by atoms with E-state index in [1.54, 1.807) is 17.5 Å². The number of carboxylic acid groups (broad SMARTS) is 1. The molecule has 230 valence electrons. The van der Waals surface area contributed by atoms with Crippen LogP contribution in [0, 0.1) is 0 Å². The monoisotopic (exact) mass is 633 g/mol. The van der Waals surface area contributed by atoms with Crippen molar-refractivity contribution in [2.24, 2.45) is 10.3 Å². The second kappa shape index (κ2) is 15.0. The molecule has 0 fully saturated rings. The van der Waals surface area contributed by atoms with E-state index < -0.39 is 11.5 Å². The third kappa shape index (κ3) is 7.10. The number of rotatable bonds is 11. The Hall–Kier alpha value is -6.24. The van der Waals surface area contributed by atoms with Crippen LogP contribution in [0.4, 0.5) is 5.13 Å². The van der Waals surface area contributed by atoms with Gasteiger partial charge in [-0.15, -0.1) is 16.4 Å². The van der Waals surface area contributed by atoms with Gasteiger partial charge in [-0.25, -0.2) is 9.78 Å². The van der Waals surface area contributed by atoms with Crippen LogP contribution in [0.15, 0.2) is 131 Å². The highest BCUT2D eigenvalue weighted by Gasteiger charge is 2.37. The molecule has 46 heavy (non-hydrogen) atoms. The number of anilines is 1. The normalized spacial score (nSPS) is 11.2. The maximum Gasteiger partial charge on any atom is 0.360 e. The number of para-hydroxylation sites is 1. The SMILES string of the molecule is On1nnc2ccccc21.[N-]=[N+]=NCCON=C(C(=O)O)c1csc(NC(c2ccccc2)(c2ccccc2)c2ccccc2)n1. The largest absolute Gasteiger partial charge is 0.476 e. The molecule has 6 rings (SSSR count). The first-order chi connectivity index (χ1) is 22.5. The predicted molar refractivity (Wildman–Crippen MR) is 174 cm³/mol. The van der Waals surface area contributed by atoms with E-state index in [-0.39, 0.29) is 24.6 Å². The lowest BCUT2D eigenvalue weighted by atomic mass is 9.77. The number of oxime groups is 1. The number of fused-ring (bicyclic) bond motifs is 1. The Balaban J connectivity index is 0.000000350. The smallest absolute Gasteiger partial charge is 0.360 e. The summed E-state index contributed by atoms with van der Waals surface area (Å²) < 4.78 is 0. The third-order valence-corrected chi connectivity index (χ3v) is 7.46. The molecule has 2 heterocycles. The van der Waals surface area contributed by atoms with Crippen molar-refractivity contribution < 1.29 is 19.9 Å². The molecule has 0 unspecified atom stereocenters. The summed E-state index contributed by atoms with van der Waals surface area (Å²) in [5.74, 6) is -1.28. The zero-order valence-corrected chi connectivity index (χ0v) is 25.0. The van der Waals surface area contributed by atoms with Crippen LogP contribution >= 0.6 is 11.3 Å². The van der Waals surface area contributed by atoms with E-state index in [2.05, 4.69) is 35.8 Å². The van der Waals surface area contributed by atoms with Gasteiger partial charge >= 0.3 is 5.97 Å². The molecule has 0 amide bonds. The Morgan fingerprint density at radius 3 is 2.02 bits per heavy atom. The number of thiazole rings is 1. The zero-order valence-electron chi connectivity index (χ0n) is 24.2. The molecule has 0 aliphatic carbocycles. The van der Waals surface area contributed by atoms with E-state index >= 15 is 0 Å². The summed E-state index contributed by atoms with van der Waals surface area (Å²) in [6.07, 6.45) is 0. The average molecular weight is 634 g/mol. The minimum Gasteiger partial charge on any atom is -0.476 e. The van der Waals surface area contributed by atoms with Crippen molar-refractivity contribution in [2.75, 3.05) is 18.5 Å². The van der Waals surface area contributed by atoms with E-state index in [0.29, 0.717) is 16.2 Å². The first kappa shape index (κ1) is 31.2. The second-order valence-corrected chi connectivity index (χ2v) is 10.4. The van der Waals surface area contributed by atoms with E-state index in [0.717, 1.165) is 21.5 Å². The van der Waals surface area contributed by atoms with Crippen LogP contribution in [0.5, 0.6) is 0 Å². The van der Waals surface area contributed by atoms with Crippen molar-refractivity contribution in [3.63, 3.8) is 0 Å². The summed E-state index contributed by atoms with van der Waals surface area (Å²) in [5.41, 5.74) is 11.7. The molecule has 0 saturated carbocycles. The molecule has 0 spiro atoms. The molecule has 0 saturated heterocycles. The molecule has 3 N–H and O–H groups in total. The van der Waals surface area contributed by atoms with Gasteiger partial charge in [-0.1, -0.05) is 118 Å². The lowest BCUT2D eigenvalue weighted by molar-refractivity contribution is -0.129. The molecule has 13 nitrogen and oxygen atoms in total. The Labute approximate surface area is 266 Å². The minimum absolute atomic E-state index is 0.0323. The van der Waals surface area contributed by atoms with Crippen LogP contribution in [0.3, 0.4) is 0 Å². The second-order valence-electron chi connectivity index (χ2n) is 9.51. The van der Waals surface area contributed by atoms with Crippen LogP contribution in [0.1, 0.15) is 22.4 Å².